The number of aromatic nitrogens is 4. The van der Waals surface area contributed by atoms with Gasteiger partial charge in [-0.15, -0.1) is 0 Å². The average molecular weight is 609 g/mol. The summed E-state index contributed by atoms with van der Waals surface area (Å²) in [7, 11) is 3.47. The number of nitrogens with zero attached hydrogens (tertiary/aromatic N) is 4. The molecule has 4 N–H and O–H groups in total. The highest BCUT2D eigenvalue weighted by molar-refractivity contribution is 6.33. The van der Waals surface area contributed by atoms with Crippen LogP contribution in [-0.2, 0) is 23.7 Å². The summed E-state index contributed by atoms with van der Waals surface area (Å²) in [6.07, 6.45) is -1.81. The van der Waals surface area contributed by atoms with Crippen LogP contribution in [0.4, 0.5) is 5.82 Å². The van der Waals surface area contributed by atoms with E-state index in [1.165, 1.54) is 0 Å². The molecule has 14 nitrogen and oxygen atoms in total. The predicted octanol–water partition coefficient (Wildman–Crippen LogP) is 1.03. The molecule has 3 aromatic rings. The van der Waals surface area contributed by atoms with Gasteiger partial charge in [0.2, 0.25) is 5.88 Å². The number of ether oxygens (including phenoxy) is 7. The summed E-state index contributed by atoms with van der Waals surface area (Å²) >= 11 is 6.64. The Labute approximate surface area is 248 Å². The number of hydrogen-bond acceptors (Lipinski definition) is 13. The Morgan fingerprint density at radius 1 is 1.02 bits per heavy atom. The Morgan fingerprint density at radius 2 is 1.76 bits per heavy atom. The zero-order valence-electron chi connectivity index (χ0n) is 23.7. The molecule has 0 unspecified atom stereocenters. The van der Waals surface area contributed by atoms with Crippen LogP contribution < -0.4 is 20.1 Å². The Bertz CT molecular complexity index is 1320. The maximum Gasteiger partial charge on any atom is 0.296 e. The van der Waals surface area contributed by atoms with E-state index in [4.69, 9.17) is 50.5 Å². The van der Waals surface area contributed by atoms with E-state index in [9.17, 15) is 5.11 Å². The Hall–Kier alpha value is -2.82. The van der Waals surface area contributed by atoms with Gasteiger partial charge in [-0.2, -0.15) is 9.97 Å². The molecular formula is C27H37ClN6O8. The number of fused-ring (bicyclic) bond motifs is 2. The molecule has 0 bridgehead atoms. The second kappa shape index (κ2) is 14.6. The van der Waals surface area contributed by atoms with Gasteiger partial charge < -0.3 is 53.9 Å². The number of hydrogen-bond donors (Lipinski definition) is 3. The van der Waals surface area contributed by atoms with Crippen LogP contribution in [0.3, 0.4) is 0 Å². The number of H-pyrrole nitrogens is 1. The van der Waals surface area contributed by atoms with Gasteiger partial charge in [-0.1, -0.05) is 11.6 Å². The van der Waals surface area contributed by atoms with Crippen LogP contribution in [0.1, 0.15) is 0 Å². The first-order chi connectivity index (χ1) is 20.5. The fraction of sp³-hybridized carbons (Fsp3) is 0.593. The highest BCUT2D eigenvalue weighted by Gasteiger charge is 2.48. The smallest absolute Gasteiger partial charge is 0.296 e. The molecule has 0 aromatic carbocycles. The Balaban J connectivity index is 1.18. The molecule has 0 saturated carbocycles. The molecule has 2 aliphatic heterocycles. The SMILES string of the molecule is COc1nc(N(C)CCOCCOCCOCCN)ccc1-c1nc2nc(O[C@@H]3CO[C@H]4[C@@H]3OC[C@H]4O)[nH]c2cc1Cl. The third kappa shape index (κ3) is 7.21. The van der Waals surface area contributed by atoms with E-state index in [1.807, 2.05) is 24.1 Å². The van der Waals surface area contributed by atoms with E-state index in [1.54, 1.807) is 13.2 Å². The van der Waals surface area contributed by atoms with E-state index in [0.29, 0.717) is 98.5 Å². The Kier molecular flexibility index (Phi) is 10.6. The maximum absolute atomic E-state index is 9.97. The summed E-state index contributed by atoms with van der Waals surface area (Å²) in [6.45, 7) is 4.68. The lowest BCUT2D eigenvalue weighted by Gasteiger charge is -2.19. The second-order valence-corrected chi connectivity index (χ2v) is 10.2. The number of aliphatic hydroxyl groups is 1. The molecule has 4 atom stereocenters. The van der Waals surface area contributed by atoms with Gasteiger partial charge >= 0.3 is 0 Å². The minimum atomic E-state index is -0.659. The zero-order valence-corrected chi connectivity index (χ0v) is 24.4. The van der Waals surface area contributed by atoms with Crippen LogP contribution in [0.15, 0.2) is 18.2 Å². The van der Waals surface area contributed by atoms with Crippen molar-refractivity contribution in [1.82, 2.24) is 19.9 Å². The largest absolute Gasteiger partial charge is 0.480 e. The lowest BCUT2D eigenvalue weighted by molar-refractivity contribution is 0.00706. The van der Waals surface area contributed by atoms with Crippen molar-refractivity contribution in [2.45, 2.75) is 24.4 Å². The first kappa shape index (κ1) is 30.6. The summed E-state index contributed by atoms with van der Waals surface area (Å²) in [5, 5.41) is 10.4. The molecule has 0 spiro atoms. The summed E-state index contributed by atoms with van der Waals surface area (Å²) < 4.78 is 39.2. The van der Waals surface area contributed by atoms with Crippen LogP contribution in [0.2, 0.25) is 5.02 Å². The van der Waals surface area contributed by atoms with Crippen molar-refractivity contribution in [3.8, 4) is 23.1 Å². The summed E-state index contributed by atoms with van der Waals surface area (Å²) in [5.74, 6) is 1.08. The summed E-state index contributed by atoms with van der Waals surface area (Å²) in [6, 6.07) is 5.73. The number of anilines is 1. The first-order valence-corrected chi connectivity index (χ1v) is 14.2. The molecule has 15 heteroatoms. The molecule has 3 aromatic heterocycles. The number of aromatic amines is 1. The minimum absolute atomic E-state index is 0.219. The lowest BCUT2D eigenvalue weighted by Crippen LogP contribution is -2.34. The minimum Gasteiger partial charge on any atom is -0.480 e. The monoisotopic (exact) mass is 608 g/mol. The van der Waals surface area contributed by atoms with Crippen molar-refractivity contribution in [1.29, 1.82) is 0 Å². The normalized spacial score (nSPS) is 21.6. The molecule has 0 aliphatic carbocycles. The number of likely N-dealkylation sites (N-methyl/N-ethyl adjacent to an activating group) is 1. The molecule has 0 amide bonds. The molecule has 2 aliphatic rings. The van der Waals surface area contributed by atoms with Crippen molar-refractivity contribution in [2.24, 2.45) is 5.73 Å². The van der Waals surface area contributed by atoms with Gasteiger partial charge in [0.1, 0.15) is 24.1 Å². The number of rotatable bonds is 16. The van der Waals surface area contributed by atoms with Crippen molar-refractivity contribution in [3.05, 3.63) is 23.2 Å². The molecule has 5 heterocycles. The summed E-state index contributed by atoms with van der Waals surface area (Å²) in [5.41, 5.74) is 7.49. The van der Waals surface area contributed by atoms with Gasteiger partial charge in [-0.3, -0.25) is 0 Å². The number of methoxy groups -OCH3 is 1. The molecule has 2 fully saturated rings. The fourth-order valence-electron chi connectivity index (χ4n) is 4.75. The molecule has 2 saturated heterocycles. The van der Waals surface area contributed by atoms with E-state index in [-0.39, 0.29) is 18.7 Å². The first-order valence-electron chi connectivity index (χ1n) is 13.8. The molecule has 42 heavy (non-hydrogen) atoms. The number of pyridine rings is 2. The van der Waals surface area contributed by atoms with Gasteiger partial charge in [0, 0.05) is 20.1 Å². The van der Waals surface area contributed by atoms with Crippen molar-refractivity contribution < 1.29 is 38.3 Å². The topological polar surface area (TPSA) is 169 Å². The van der Waals surface area contributed by atoms with E-state index in [0.717, 1.165) is 0 Å². The third-order valence-corrected chi connectivity index (χ3v) is 7.20. The lowest BCUT2D eigenvalue weighted by atomic mass is 10.1. The number of halogens is 1. The van der Waals surface area contributed by atoms with Crippen LogP contribution in [0.25, 0.3) is 22.4 Å². The van der Waals surface area contributed by atoms with Gasteiger partial charge in [0.05, 0.1) is 81.8 Å². The number of nitrogens with two attached hydrogens (primary N) is 1. The zero-order chi connectivity index (χ0) is 29.5. The van der Waals surface area contributed by atoms with E-state index in [2.05, 4.69) is 19.9 Å². The average Bonchev–Trinajstić information content (AvgIpc) is 3.69. The van der Waals surface area contributed by atoms with Crippen molar-refractivity contribution in [3.63, 3.8) is 0 Å². The van der Waals surface area contributed by atoms with Gasteiger partial charge in [-0.05, 0) is 18.2 Å². The Morgan fingerprint density at radius 3 is 2.52 bits per heavy atom. The maximum atomic E-state index is 9.97. The summed E-state index contributed by atoms with van der Waals surface area (Å²) in [4.78, 5) is 18.9. The third-order valence-electron chi connectivity index (χ3n) is 6.91. The van der Waals surface area contributed by atoms with Crippen LogP contribution in [0, 0.1) is 0 Å². The van der Waals surface area contributed by atoms with Gasteiger partial charge in [0.15, 0.2) is 11.8 Å². The van der Waals surface area contributed by atoms with Gasteiger partial charge in [0.25, 0.3) is 6.01 Å². The standard InChI is InChI=1S/C27H37ClN6O8/c1-34(6-8-38-10-12-39-11-9-37-7-5-29)21-4-3-16(26(31-21)36-2)22-17(28)13-18-25(32-22)33-27(30-18)42-20-15-41-23-19(35)14-40-24(20)23/h3-4,13,19-20,23-24,35H,5-12,14-15,29H2,1-2H3,(H,30,32,33)/t19-,20-,23-,24-/m1/s1. The second-order valence-electron chi connectivity index (χ2n) is 9.83. The van der Waals surface area contributed by atoms with Crippen molar-refractivity contribution in [2.75, 3.05) is 85.0 Å². The van der Waals surface area contributed by atoms with Crippen LogP contribution in [-0.4, -0.2) is 130 Å². The quantitative estimate of drug-likeness (QED) is 0.197. The molecule has 0 radical (unpaired) electrons. The molecule has 230 valence electrons. The highest BCUT2D eigenvalue weighted by atomic mass is 35.5. The molecule has 5 rings (SSSR count). The van der Waals surface area contributed by atoms with Crippen LogP contribution >= 0.6 is 11.6 Å². The van der Waals surface area contributed by atoms with Gasteiger partial charge in [-0.25, -0.2) is 4.98 Å². The van der Waals surface area contributed by atoms with E-state index < -0.39 is 18.3 Å². The van der Waals surface area contributed by atoms with Crippen LogP contribution in [0.5, 0.6) is 11.9 Å². The predicted molar refractivity (Wildman–Crippen MR) is 153 cm³/mol. The molecular weight excluding hydrogens is 572 g/mol. The number of aliphatic hydroxyl groups excluding tert-OH is 1. The number of imidazole rings is 1. The number of nitrogens with one attached hydrogen (secondary N) is 1. The van der Waals surface area contributed by atoms with Crippen molar-refractivity contribution >= 4 is 28.6 Å². The van der Waals surface area contributed by atoms with E-state index >= 15 is 0 Å². The highest BCUT2D eigenvalue weighted by Crippen LogP contribution is 2.36. The fourth-order valence-corrected chi connectivity index (χ4v) is 5.00.